The van der Waals surface area contributed by atoms with Crippen LogP contribution in [0, 0.1) is 6.92 Å². The normalized spacial score (nSPS) is 19.0. The van der Waals surface area contributed by atoms with Crippen LogP contribution in [0.4, 0.5) is 0 Å². The lowest BCUT2D eigenvalue weighted by molar-refractivity contribution is -0.135. The first kappa shape index (κ1) is 16.9. The molecule has 1 aromatic carbocycles. The summed E-state index contributed by atoms with van der Waals surface area (Å²) in [5.74, 6) is -0.0918. The summed E-state index contributed by atoms with van der Waals surface area (Å²) >= 11 is 0. The minimum Gasteiger partial charge on any atom is -0.395 e. The van der Waals surface area contributed by atoms with E-state index in [1.807, 2.05) is 31.2 Å². The van der Waals surface area contributed by atoms with Gasteiger partial charge in [-0.05, 0) is 32.3 Å². The molecule has 1 unspecified atom stereocenters. The van der Waals surface area contributed by atoms with E-state index in [9.17, 15) is 15.0 Å². The first-order valence-electron chi connectivity index (χ1n) is 7.93. The van der Waals surface area contributed by atoms with Crippen LogP contribution in [0.5, 0.6) is 0 Å². The lowest BCUT2D eigenvalue weighted by atomic mass is 9.99. The molecule has 3 N–H and O–H groups in total. The van der Waals surface area contributed by atoms with Crippen LogP contribution in [0.2, 0.25) is 0 Å². The van der Waals surface area contributed by atoms with Crippen LogP contribution in [-0.2, 0) is 4.79 Å². The number of likely N-dealkylation sites (tertiary alicyclic amines) is 1. The van der Waals surface area contributed by atoms with Gasteiger partial charge in [0.2, 0.25) is 5.91 Å². The van der Waals surface area contributed by atoms with Gasteiger partial charge in [-0.1, -0.05) is 29.8 Å². The molecule has 0 saturated carbocycles. The fourth-order valence-electron chi connectivity index (χ4n) is 2.75. The second kappa shape index (κ2) is 7.72. The van der Waals surface area contributed by atoms with Gasteiger partial charge in [-0.25, -0.2) is 0 Å². The number of amides is 1. The highest BCUT2D eigenvalue weighted by atomic mass is 16.3. The molecule has 0 radical (unpaired) electrons. The minimum atomic E-state index is -0.928. The number of nitrogens with one attached hydrogen (secondary N) is 1. The van der Waals surface area contributed by atoms with Gasteiger partial charge in [-0.15, -0.1) is 0 Å². The third-order valence-electron chi connectivity index (χ3n) is 4.16. The molecule has 0 bridgehead atoms. The molecule has 0 aromatic heterocycles. The molecule has 1 aliphatic heterocycles. The lowest BCUT2D eigenvalue weighted by Crippen LogP contribution is -2.52. The minimum absolute atomic E-state index is 0.0790. The Hall–Kier alpha value is -1.43. The van der Waals surface area contributed by atoms with Crippen molar-refractivity contribution in [3.63, 3.8) is 0 Å². The second-order valence-corrected chi connectivity index (χ2v) is 6.12. The summed E-state index contributed by atoms with van der Waals surface area (Å²) in [4.78, 5) is 14.5. The van der Waals surface area contributed by atoms with Gasteiger partial charge >= 0.3 is 0 Å². The van der Waals surface area contributed by atoms with E-state index in [0.717, 1.165) is 31.5 Å². The maximum Gasteiger partial charge on any atom is 0.242 e. The van der Waals surface area contributed by atoms with E-state index in [1.54, 1.807) is 11.8 Å². The molecule has 5 heteroatoms. The summed E-state index contributed by atoms with van der Waals surface area (Å²) in [6.45, 7) is 5.18. The van der Waals surface area contributed by atoms with Crippen molar-refractivity contribution in [1.29, 1.82) is 0 Å². The van der Waals surface area contributed by atoms with Gasteiger partial charge in [0.1, 0.15) is 12.1 Å². The smallest absolute Gasteiger partial charge is 0.242 e. The number of aryl methyl sites for hydroxylation is 1. The number of hydrogen-bond acceptors (Lipinski definition) is 4. The number of rotatable bonds is 6. The predicted molar refractivity (Wildman–Crippen MR) is 85.4 cm³/mol. The SMILES string of the molecule is Cc1ccc([C@@H](O)[C@H](NC(C)CO)C(=O)N2CCCC2)cc1. The molecule has 1 aromatic rings. The van der Waals surface area contributed by atoms with Gasteiger partial charge < -0.3 is 15.1 Å². The van der Waals surface area contributed by atoms with Gasteiger partial charge in [0, 0.05) is 19.1 Å². The van der Waals surface area contributed by atoms with E-state index in [-0.39, 0.29) is 18.6 Å². The summed E-state index contributed by atoms with van der Waals surface area (Å²) < 4.78 is 0. The number of nitrogens with zero attached hydrogens (tertiary/aromatic N) is 1. The average Bonchev–Trinajstić information content (AvgIpc) is 3.06. The van der Waals surface area contributed by atoms with Crippen molar-refractivity contribution >= 4 is 5.91 Å². The third-order valence-corrected chi connectivity index (χ3v) is 4.16. The van der Waals surface area contributed by atoms with Gasteiger partial charge in [-0.3, -0.25) is 10.1 Å². The maximum atomic E-state index is 12.7. The predicted octanol–water partition coefficient (Wildman–Crippen LogP) is 0.990. The molecule has 22 heavy (non-hydrogen) atoms. The van der Waals surface area contributed by atoms with Gasteiger partial charge in [0.05, 0.1) is 6.61 Å². The summed E-state index contributed by atoms with van der Waals surface area (Å²) in [5, 5.41) is 23.0. The molecular formula is C17H26N2O3. The molecule has 3 atom stereocenters. The number of carbonyl (C=O) groups is 1. The number of aliphatic hydroxyl groups excluding tert-OH is 2. The van der Waals surface area contributed by atoms with Crippen molar-refractivity contribution in [1.82, 2.24) is 10.2 Å². The van der Waals surface area contributed by atoms with Crippen LogP contribution in [0.1, 0.15) is 37.0 Å². The van der Waals surface area contributed by atoms with Gasteiger partial charge in [0.15, 0.2) is 0 Å². The molecule has 0 aliphatic carbocycles. The highest BCUT2D eigenvalue weighted by molar-refractivity contribution is 5.83. The van der Waals surface area contributed by atoms with Gasteiger partial charge in [-0.2, -0.15) is 0 Å². The van der Waals surface area contributed by atoms with Gasteiger partial charge in [0.25, 0.3) is 0 Å². The van der Waals surface area contributed by atoms with Crippen LogP contribution in [0.25, 0.3) is 0 Å². The summed E-state index contributed by atoms with van der Waals surface area (Å²) in [7, 11) is 0. The monoisotopic (exact) mass is 306 g/mol. The Labute approximate surface area is 131 Å². The Morgan fingerprint density at radius 1 is 1.27 bits per heavy atom. The summed E-state index contributed by atoms with van der Waals surface area (Å²) in [6.07, 6.45) is 1.09. The molecule has 0 spiro atoms. The van der Waals surface area contributed by atoms with Crippen molar-refractivity contribution in [3.8, 4) is 0 Å². The second-order valence-electron chi connectivity index (χ2n) is 6.12. The fourth-order valence-corrected chi connectivity index (χ4v) is 2.75. The van der Waals surface area contributed by atoms with Crippen LogP contribution < -0.4 is 5.32 Å². The molecule has 1 aliphatic rings. The fraction of sp³-hybridized carbons (Fsp3) is 0.588. The van der Waals surface area contributed by atoms with E-state index >= 15 is 0 Å². The lowest BCUT2D eigenvalue weighted by Gasteiger charge is -2.30. The molecule has 1 fully saturated rings. The van der Waals surface area contributed by atoms with Crippen molar-refractivity contribution in [3.05, 3.63) is 35.4 Å². The molecule has 5 nitrogen and oxygen atoms in total. The Morgan fingerprint density at radius 2 is 1.86 bits per heavy atom. The Morgan fingerprint density at radius 3 is 2.41 bits per heavy atom. The summed E-state index contributed by atoms with van der Waals surface area (Å²) in [6, 6.07) is 6.54. The Kier molecular flexibility index (Phi) is 5.94. The van der Waals surface area contributed by atoms with E-state index in [0.29, 0.717) is 5.56 Å². The van der Waals surface area contributed by atoms with Crippen LogP contribution in [-0.4, -0.2) is 52.8 Å². The molecule has 1 heterocycles. The molecule has 122 valence electrons. The van der Waals surface area contributed by atoms with Crippen molar-refractivity contribution < 1.29 is 15.0 Å². The Bertz CT molecular complexity index is 483. The zero-order chi connectivity index (χ0) is 16.1. The highest BCUT2D eigenvalue weighted by Crippen LogP contribution is 2.21. The zero-order valence-corrected chi connectivity index (χ0v) is 13.3. The molecule has 1 amide bonds. The van der Waals surface area contributed by atoms with Crippen molar-refractivity contribution in [2.45, 2.75) is 44.9 Å². The van der Waals surface area contributed by atoms with E-state index in [1.165, 1.54) is 0 Å². The van der Waals surface area contributed by atoms with E-state index in [2.05, 4.69) is 5.32 Å². The number of aliphatic hydroxyl groups is 2. The van der Waals surface area contributed by atoms with E-state index < -0.39 is 12.1 Å². The van der Waals surface area contributed by atoms with Crippen molar-refractivity contribution in [2.24, 2.45) is 0 Å². The van der Waals surface area contributed by atoms with Crippen LogP contribution in [0.15, 0.2) is 24.3 Å². The molecule has 2 rings (SSSR count). The van der Waals surface area contributed by atoms with Crippen LogP contribution in [0.3, 0.4) is 0 Å². The Balaban J connectivity index is 2.18. The zero-order valence-electron chi connectivity index (χ0n) is 13.3. The largest absolute Gasteiger partial charge is 0.395 e. The topological polar surface area (TPSA) is 72.8 Å². The average molecular weight is 306 g/mol. The maximum absolute atomic E-state index is 12.7. The summed E-state index contributed by atoms with van der Waals surface area (Å²) in [5.41, 5.74) is 1.82. The number of hydrogen-bond donors (Lipinski definition) is 3. The van der Waals surface area contributed by atoms with Crippen molar-refractivity contribution in [2.75, 3.05) is 19.7 Å². The third kappa shape index (κ3) is 4.06. The quantitative estimate of drug-likeness (QED) is 0.733. The molecule has 1 saturated heterocycles. The molecular weight excluding hydrogens is 280 g/mol. The number of carbonyl (C=O) groups excluding carboxylic acids is 1. The number of benzene rings is 1. The van der Waals surface area contributed by atoms with Crippen LogP contribution >= 0.6 is 0 Å². The first-order chi connectivity index (χ1) is 10.5. The van der Waals surface area contributed by atoms with E-state index in [4.69, 9.17) is 0 Å². The first-order valence-corrected chi connectivity index (χ1v) is 7.93. The highest BCUT2D eigenvalue weighted by Gasteiger charge is 2.33. The standard InChI is InChI=1S/C17H26N2O3/c1-12-5-7-14(8-6-12)16(21)15(18-13(2)11-20)17(22)19-9-3-4-10-19/h5-8,13,15-16,18,20-21H,3-4,9-11H2,1-2H3/t13?,15-,16+/m0/s1.